The maximum absolute atomic E-state index is 13.5. The fourth-order valence-electron chi connectivity index (χ4n) is 3.72. The topological polar surface area (TPSA) is 102 Å². The van der Waals surface area contributed by atoms with Crippen LogP contribution in [0, 0.1) is 11.3 Å². The Morgan fingerprint density at radius 2 is 1.88 bits per heavy atom. The molecule has 2 aromatic carbocycles. The van der Waals surface area contributed by atoms with Crippen molar-refractivity contribution in [3.05, 3.63) is 101 Å². The zero-order valence-corrected chi connectivity index (χ0v) is 18.1. The van der Waals surface area contributed by atoms with E-state index >= 15 is 0 Å². The third-order valence-electron chi connectivity index (χ3n) is 5.39. The number of phenolic OH excluding ortho intramolecular Hbond substituents is 1. The molecule has 1 unspecified atom stereocenters. The van der Waals surface area contributed by atoms with Gasteiger partial charge in [-0.2, -0.15) is 10.4 Å². The van der Waals surface area contributed by atoms with Crippen molar-refractivity contribution in [1.29, 1.82) is 5.26 Å². The van der Waals surface area contributed by atoms with Crippen LogP contribution < -0.4 is 0 Å². The number of aromatic hydroxyl groups is 1. The minimum absolute atomic E-state index is 0.116. The number of hydrazone groups is 1. The standard InChI is InChI=1S/C25H17N5O2S/c26-13-16-7-9-17(10-8-16)24-28-15-23(33-24)25(32)30-21(19-5-1-2-6-22(19)31)12-20(29-30)18-4-3-11-27-14-18/h1-11,14-15,21,31H,12H2. The number of nitriles is 1. The van der Waals surface area contributed by atoms with Crippen molar-refractivity contribution in [1.82, 2.24) is 15.0 Å². The average Bonchev–Trinajstić information content (AvgIpc) is 3.53. The summed E-state index contributed by atoms with van der Waals surface area (Å²) in [6, 6.07) is 19.4. The molecule has 0 saturated heterocycles. The predicted molar refractivity (Wildman–Crippen MR) is 125 cm³/mol. The van der Waals surface area contributed by atoms with Gasteiger partial charge in [-0.15, -0.1) is 11.3 Å². The number of para-hydroxylation sites is 1. The van der Waals surface area contributed by atoms with Crippen molar-refractivity contribution < 1.29 is 9.90 Å². The van der Waals surface area contributed by atoms with E-state index in [1.54, 1.807) is 48.9 Å². The van der Waals surface area contributed by atoms with Gasteiger partial charge >= 0.3 is 0 Å². The highest BCUT2D eigenvalue weighted by atomic mass is 32.1. The maximum Gasteiger partial charge on any atom is 0.286 e. The van der Waals surface area contributed by atoms with Gasteiger partial charge < -0.3 is 5.11 Å². The summed E-state index contributed by atoms with van der Waals surface area (Å²) in [6.45, 7) is 0. The Kier molecular flexibility index (Phi) is 5.39. The van der Waals surface area contributed by atoms with E-state index < -0.39 is 6.04 Å². The predicted octanol–water partition coefficient (Wildman–Crippen LogP) is 4.77. The number of benzene rings is 2. The molecule has 3 heterocycles. The summed E-state index contributed by atoms with van der Waals surface area (Å²) >= 11 is 1.26. The van der Waals surface area contributed by atoms with Crippen molar-refractivity contribution in [2.45, 2.75) is 12.5 Å². The minimum atomic E-state index is -0.450. The summed E-state index contributed by atoms with van der Waals surface area (Å²) in [5.74, 6) is -0.176. The Hall–Kier alpha value is -4.35. The van der Waals surface area contributed by atoms with Gasteiger partial charge in [0, 0.05) is 35.5 Å². The molecule has 7 nitrogen and oxygen atoms in total. The van der Waals surface area contributed by atoms with Crippen molar-refractivity contribution in [2.75, 3.05) is 0 Å². The second-order valence-corrected chi connectivity index (χ2v) is 8.47. The first-order chi connectivity index (χ1) is 16.1. The number of pyridine rings is 1. The number of aromatic nitrogens is 2. The van der Waals surface area contributed by atoms with Gasteiger partial charge in [0.2, 0.25) is 0 Å². The van der Waals surface area contributed by atoms with Crippen LogP contribution in [-0.4, -0.2) is 31.7 Å². The molecule has 5 rings (SSSR count). The Balaban J connectivity index is 1.50. The zero-order valence-electron chi connectivity index (χ0n) is 17.3. The molecule has 0 saturated carbocycles. The molecule has 160 valence electrons. The summed E-state index contributed by atoms with van der Waals surface area (Å²) in [5, 5.41) is 26.2. The largest absolute Gasteiger partial charge is 0.508 e. The van der Waals surface area contributed by atoms with Gasteiger partial charge in [-0.1, -0.05) is 36.4 Å². The van der Waals surface area contributed by atoms with Gasteiger partial charge in [-0.05, 0) is 24.3 Å². The van der Waals surface area contributed by atoms with Crippen LogP contribution >= 0.6 is 11.3 Å². The molecule has 4 aromatic rings. The highest BCUT2D eigenvalue weighted by Crippen LogP contribution is 2.38. The molecule has 1 atom stereocenters. The number of amides is 1. The van der Waals surface area contributed by atoms with Crippen LogP contribution in [-0.2, 0) is 0 Å². The van der Waals surface area contributed by atoms with Gasteiger partial charge in [-0.25, -0.2) is 9.99 Å². The number of hydrogen-bond donors (Lipinski definition) is 1. The normalized spacial score (nSPS) is 15.2. The van der Waals surface area contributed by atoms with Crippen LogP contribution in [0.1, 0.15) is 38.8 Å². The molecule has 1 aliphatic heterocycles. The third kappa shape index (κ3) is 3.97. The van der Waals surface area contributed by atoms with Crippen LogP contribution in [0.25, 0.3) is 10.6 Å². The van der Waals surface area contributed by atoms with Crippen LogP contribution in [0.15, 0.2) is 84.4 Å². The van der Waals surface area contributed by atoms with E-state index in [4.69, 9.17) is 5.26 Å². The number of phenols is 1. The highest BCUT2D eigenvalue weighted by Gasteiger charge is 2.35. The smallest absolute Gasteiger partial charge is 0.286 e. The van der Waals surface area contributed by atoms with Gasteiger partial charge in [0.25, 0.3) is 5.91 Å². The summed E-state index contributed by atoms with van der Waals surface area (Å²) in [4.78, 5) is 22.5. The van der Waals surface area contributed by atoms with E-state index in [0.717, 1.165) is 16.8 Å². The summed E-state index contributed by atoms with van der Waals surface area (Å²) in [7, 11) is 0. The first kappa shape index (κ1) is 20.5. The molecule has 0 radical (unpaired) electrons. The quantitative estimate of drug-likeness (QED) is 0.481. The van der Waals surface area contributed by atoms with Crippen molar-refractivity contribution in [2.24, 2.45) is 5.10 Å². The number of thiazole rings is 1. The van der Waals surface area contributed by atoms with E-state index in [9.17, 15) is 9.90 Å². The molecule has 0 bridgehead atoms. The summed E-state index contributed by atoms with van der Waals surface area (Å²) < 4.78 is 0. The van der Waals surface area contributed by atoms with Crippen LogP contribution in [0.3, 0.4) is 0 Å². The molecular formula is C25H17N5O2S. The monoisotopic (exact) mass is 451 g/mol. The van der Waals surface area contributed by atoms with Gasteiger partial charge in [0.05, 0.1) is 29.6 Å². The van der Waals surface area contributed by atoms with Crippen molar-refractivity contribution >= 4 is 23.0 Å². The van der Waals surface area contributed by atoms with Crippen molar-refractivity contribution in [3.63, 3.8) is 0 Å². The molecule has 1 aliphatic rings. The lowest BCUT2D eigenvalue weighted by Crippen LogP contribution is -2.26. The molecule has 8 heteroatoms. The van der Waals surface area contributed by atoms with E-state index in [-0.39, 0.29) is 11.7 Å². The van der Waals surface area contributed by atoms with Gasteiger partial charge in [-0.3, -0.25) is 9.78 Å². The minimum Gasteiger partial charge on any atom is -0.508 e. The third-order valence-corrected chi connectivity index (χ3v) is 6.42. The molecule has 0 fully saturated rings. The molecule has 33 heavy (non-hydrogen) atoms. The number of carbonyl (C=O) groups is 1. The van der Waals surface area contributed by atoms with Crippen LogP contribution in [0.5, 0.6) is 5.75 Å². The van der Waals surface area contributed by atoms with Gasteiger partial charge in [0.1, 0.15) is 15.6 Å². The molecule has 0 aliphatic carbocycles. The molecule has 1 amide bonds. The fourth-order valence-corrected chi connectivity index (χ4v) is 4.58. The Morgan fingerprint density at radius 3 is 2.61 bits per heavy atom. The number of hydrogen-bond acceptors (Lipinski definition) is 7. The van der Waals surface area contributed by atoms with E-state index in [2.05, 4.69) is 21.1 Å². The number of rotatable bonds is 4. The molecule has 2 aromatic heterocycles. The van der Waals surface area contributed by atoms with Crippen LogP contribution in [0.4, 0.5) is 0 Å². The summed E-state index contributed by atoms with van der Waals surface area (Å²) in [6.07, 6.45) is 5.39. The first-order valence-electron chi connectivity index (χ1n) is 10.2. The zero-order chi connectivity index (χ0) is 22.8. The lowest BCUT2D eigenvalue weighted by atomic mass is 9.98. The molecule has 0 spiro atoms. The van der Waals surface area contributed by atoms with Gasteiger partial charge in [0.15, 0.2) is 0 Å². The molecule has 1 N–H and O–H groups in total. The Labute approximate surface area is 193 Å². The second-order valence-electron chi connectivity index (χ2n) is 7.44. The SMILES string of the molecule is N#Cc1ccc(-c2ncc(C(=O)N3N=C(c4cccnc4)CC3c3ccccc3O)s2)cc1. The summed E-state index contributed by atoms with van der Waals surface area (Å²) in [5.41, 5.74) is 3.57. The lowest BCUT2D eigenvalue weighted by molar-refractivity contribution is 0.0714. The molecular weight excluding hydrogens is 434 g/mol. The van der Waals surface area contributed by atoms with Crippen molar-refractivity contribution in [3.8, 4) is 22.4 Å². The highest BCUT2D eigenvalue weighted by molar-refractivity contribution is 7.16. The Morgan fingerprint density at radius 1 is 1.06 bits per heavy atom. The number of carbonyl (C=O) groups excluding carboxylic acids is 1. The van der Waals surface area contributed by atoms with E-state index in [0.29, 0.717) is 27.4 Å². The maximum atomic E-state index is 13.5. The first-order valence-corrected chi connectivity index (χ1v) is 11.0. The Bertz CT molecular complexity index is 1390. The average molecular weight is 452 g/mol. The second kappa shape index (κ2) is 8.65. The number of nitrogens with zero attached hydrogens (tertiary/aromatic N) is 5. The van der Waals surface area contributed by atoms with E-state index in [1.807, 2.05) is 30.3 Å². The fraction of sp³-hybridized carbons (Fsp3) is 0.0800. The van der Waals surface area contributed by atoms with Crippen LogP contribution in [0.2, 0.25) is 0 Å². The van der Waals surface area contributed by atoms with E-state index in [1.165, 1.54) is 16.3 Å². The lowest BCUT2D eigenvalue weighted by Gasteiger charge is -2.22.